The first-order chi connectivity index (χ1) is 8.66. The van der Waals surface area contributed by atoms with Gasteiger partial charge in [-0.2, -0.15) is 0 Å². The average Bonchev–Trinajstić information content (AvgIpc) is 2.55. The van der Waals surface area contributed by atoms with E-state index in [2.05, 4.69) is 17.2 Å². The number of anilines is 1. The fourth-order valence-corrected chi connectivity index (χ4v) is 2.55. The molecule has 0 aliphatic heterocycles. The van der Waals surface area contributed by atoms with Crippen LogP contribution in [-0.4, -0.2) is 16.9 Å². The third-order valence-corrected chi connectivity index (χ3v) is 3.72. The summed E-state index contributed by atoms with van der Waals surface area (Å²) in [5.74, 6) is 0.898. The molecular formula is C14H21N3O. The van der Waals surface area contributed by atoms with Crippen LogP contribution in [0.1, 0.15) is 49.4 Å². The lowest BCUT2D eigenvalue weighted by molar-refractivity contribution is 0.0921. The van der Waals surface area contributed by atoms with Crippen LogP contribution in [0.2, 0.25) is 0 Å². The van der Waals surface area contributed by atoms with Gasteiger partial charge < -0.3 is 11.1 Å². The molecule has 3 N–H and O–H groups in total. The number of nitrogen functional groups attached to an aromatic ring is 1. The first-order valence-corrected chi connectivity index (χ1v) is 6.69. The van der Waals surface area contributed by atoms with Crippen LogP contribution in [-0.2, 0) is 0 Å². The molecule has 0 spiro atoms. The maximum absolute atomic E-state index is 12.1. The molecule has 0 bridgehead atoms. The van der Waals surface area contributed by atoms with E-state index in [9.17, 15) is 4.79 Å². The number of hydrogen-bond donors (Lipinski definition) is 2. The van der Waals surface area contributed by atoms with Gasteiger partial charge in [-0.3, -0.25) is 4.79 Å². The summed E-state index contributed by atoms with van der Waals surface area (Å²) in [6.45, 7) is 2.22. The molecule has 1 aromatic heterocycles. The van der Waals surface area contributed by atoms with Gasteiger partial charge in [-0.05, 0) is 30.9 Å². The molecule has 0 aromatic carbocycles. The Morgan fingerprint density at radius 3 is 2.94 bits per heavy atom. The molecule has 1 heterocycles. The molecular weight excluding hydrogens is 226 g/mol. The van der Waals surface area contributed by atoms with Gasteiger partial charge in [0.1, 0.15) is 5.82 Å². The number of aromatic nitrogens is 1. The van der Waals surface area contributed by atoms with E-state index in [0.717, 1.165) is 6.42 Å². The Morgan fingerprint density at radius 2 is 2.17 bits per heavy atom. The van der Waals surface area contributed by atoms with Crippen molar-refractivity contribution in [2.75, 3.05) is 5.73 Å². The van der Waals surface area contributed by atoms with E-state index >= 15 is 0 Å². The third-order valence-electron chi connectivity index (χ3n) is 3.72. The van der Waals surface area contributed by atoms with Crippen LogP contribution in [0.4, 0.5) is 5.82 Å². The second-order valence-corrected chi connectivity index (χ2v) is 5.16. The van der Waals surface area contributed by atoms with Crippen LogP contribution in [0.25, 0.3) is 0 Å². The molecule has 4 nitrogen and oxygen atoms in total. The predicted molar refractivity (Wildman–Crippen MR) is 72.2 cm³/mol. The number of rotatable bonds is 2. The van der Waals surface area contributed by atoms with Crippen molar-refractivity contribution in [1.82, 2.24) is 10.3 Å². The van der Waals surface area contributed by atoms with Crippen molar-refractivity contribution in [2.24, 2.45) is 5.92 Å². The number of pyridine rings is 1. The molecule has 1 aromatic rings. The number of nitrogens with one attached hydrogen (secondary N) is 1. The number of nitrogens with two attached hydrogens (primary N) is 1. The van der Waals surface area contributed by atoms with Gasteiger partial charge >= 0.3 is 0 Å². The number of carbonyl (C=O) groups is 1. The van der Waals surface area contributed by atoms with Crippen LogP contribution in [0.3, 0.4) is 0 Å². The van der Waals surface area contributed by atoms with Crippen molar-refractivity contribution >= 4 is 11.7 Å². The van der Waals surface area contributed by atoms with E-state index in [4.69, 9.17) is 5.73 Å². The Morgan fingerprint density at radius 1 is 1.39 bits per heavy atom. The zero-order valence-corrected chi connectivity index (χ0v) is 10.9. The van der Waals surface area contributed by atoms with Crippen LogP contribution < -0.4 is 11.1 Å². The zero-order valence-electron chi connectivity index (χ0n) is 10.9. The van der Waals surface area contributed by atoms with Crippen molar-refractivity contribution < 1.29 is 4.79 Å². The van der Waals surface area contributed by atoms with E-state index < -0.39 is 0 Å². The summed E-state index contributed by atoms with van der Waals surface area (Å²) >= 11 is 0. The Hall–Kier alpha value is -1.58. The van der Waals surface area contributed by atoms with Crippen LogP contribution in [0.5, 0.6) is 0 Å². The minimum absolute atomic E-state index is 0.0390. The lowest BCUT2D eigenvalue weighted by Gasteiger charge is -2.22. The quantitative estimate of drug-likeness (QED) is 0.788. The molecule has 0 saturated heterocycles. The molecule has 98 valence electrons. The Balaban J connectivity index is 2.01. The third kappa shape index (κ3) is 3.22. The SMILES string of the molecule is CC1CCCCCC1NC(=O)c1ccnc(N)c1. The van der Waals surface area contributed by atoms with E-state index in [-0.39, 0.29) is 11.9 Å². The summed E-state index contributed by atoms with van der Waals surface area (Å²) in [7, 11) is 0. The second kappa shape index (κ2) is 5.85. The maximum Gasteiger partial charge on any atom is 0.251 e. The van der Waals surface area contributed by atoms with Gasteiger partial charge in [-0.25, -0.2) is 4.98 Å². The summed E-state index contributed by atoms with van der Waals surface area (Å²) in [5.41, 5.74) is 6.19. The van der Waals surface area contributed by atoms with Gasteiger partial charge in [0, 0.05) is 17.8 Å². The highest BCUT2D eigenvalue weighted by Crippen LogP contribution is 2.23. The number of nitrogens with zero attached hydrogens (tertiary/aromatic N) is 1. The van der Waals surface area contributed by atoms with Gasteiger partial charge in [0.2, 0.25) is 0 Å². The molecule has 1 aliphatic rings. The molecule has 1 amide bonds. The van der Waals surface area contributed by atoms with Gasteiger partial charge in [0.15, 0.2) is 0 Å². The van der Waals surface area contributed by atoms with Gasteiger partial charge in [-0.15, -0.1) is 0 Å². The summed E-state index contributed by atoms with van der Waals surface area (Å²) < 4.78 is 0. The van der Waals surface area contributed by atoms with E-state index in [1.54, 1.807) is 18.3 Å². The predicted octanol–water partition coefficient (Wildman–Crippen LogP) is 2.36. The topological polar surface area (TPSA) is 68.0 Å². The minimum atomic E-state index is -0.0390. The van der Waals surface area contributed by atoms with E-state index in [1.165, 1.54) is 25.7 Å². The highest BCUT2D eigenvalue weighted by molar-refractivity contribution is 5.94. The molecule has 1 saturated carbocycles. The largest absolute Gasteiger partial charge is 0.384 e. The number of carbonyl (C=O) groups excluding carboxylic acids is 1. The molecule has 0 radical (unpaired) electrons. The highest BCUT2D eigenvalue weighted by atomic mass is 16.1. The van der Waals surface area contributed by atoms with E-state index in [0.29, 0.717) is 17.3 Å². The first-order valence-electron chi connectivity index (χ1n) is 6.69. The van der Waals surface area contributed by atoms with Crippen molar-refractivity contribution in [1.29, 1.82) is 0 Å². The summed E-state index contributed by atoms with van der Waals surface area (Å²) in [4.78, 5) is 16.0. The van der Waals surface area contributed by atoms with Crippen LogP contribution >= 0.6 is 0 Å². The monoisotopic (exact) mass is 247 g/mol. The fraction of sp³-hybridized carbons (Fsp3) is 0.571. The van der Waals surface area contributed by atoms with Crippen molar-refractivity contribution in [3.05, 3.63) is 23.9 Å². The van der Waals surface area contributed by atoms with Gasteiger partial charge in [-0.1, -0.05) is 26.2 Å². The summed E-state index contributed by atoms with van der Waals surface area (Å²) in [6.07, 6.45) is 7.60. The van der Waals surface area contributed by atoms with E-state index in [1.807, 2.05) is 0 Å². The van der Waals surface area contributed by atoms with Crippen LogP contribution in [0, 0.1) is 5.92 Å². The average molecular weight is 247 g/mol. The smallest absolute Gasteiger partial charge is 0.251 e. The minimum Gasteiger partial charge on any atom is -0.384 e. The van der Waals surface area contributed by atoms with Crippen molar-refractivity contribution in [3.8, 4) is 0 Å². The molecule has 2 rings (SSSR count). The summed E-state index contributed by atoms with van der Waals surface area (Å²) in [6, 6.07) is 3.61. The van der Waals surface area contributed by atoms with Crippen LogP contribution in [0.15, 0.2) is 18.3 Å². The lowest BCUT2D eigenvalue weighted by atomic mass is 9.96. The van der Waals surface area contributed by atoms with Gasteiger partial charge in [0.05, 0.1) is 0 Å². The standard InChI is InChI=1S/C14H21N3O/c1-10-5-3-2-4-6-12(10)17-14(18)11-7-8-16-13(15)9-11/h7-10,12H,2-6H2,1H3,(H2,15,16)(H,17,18). The first kappa shape index (κ1) is 12.9. The Bertz CT molecular complexity index is 419. The maximum atomic E-state index is 12.1. The highest BCUT2D eigenvalue weighted by Gasteiger charge is 2.22. The number of amides is 1. The molecule has 4 heteroatoms. The Labute approximate surface area is 108 Å². The normalized spacial score (nSPS) is 24.3. The number of hydrogen-bond acceptors (Lipinski definition) is 3. The zero-order chi connectivity index (χ0) is 13.0. The van der Waals surface area contributed by atoms with Crippen molar-refractivity contribution in [2.45, 2.75) is 45.1 Å². The fourth-order valence-electron chi connectivity index (χ4n) is 2.55. The Kier molecular flexibility index (Phi) is 4.18. The summed E-state index contributed by atoms with van der Waals surface area (Å²) in [5, 5.41) is 3.13. The molecule has 18 heavy (non-hydrogen) atoms. The van der Waals surface area contributed by atoms with Crippen molar-refractivity contribution in [3.63, 3.8) is 0 Å². The molecule has 1 aliphatic carbocycles. The lowest BCUT2D eigenvalue weighted by Crippen LogP contribution is -2.38. The second-order valence-electron chi connectivity index (χ2n) is 5.16. The molecule has 1 fully saturated rings. The van der Waals surface area contributed by atoms with Gasteiger partial charge in [0.25, 0.3) is 5.91 Å². The molecule has 2 atom stereocenters. The molecule has 2 unspecified atom stereocenters.